The van der Waals surface area contributed by atoms with Crippen LogP contribution < -0.4 is 14.8 Å². The molecule has 0 unspecified atom stereocenters. The van der Waals surface area contributed by atoms with Gasteiger partial charge < -0.3 is 19.5 Å². The van der Waals surface area contributed by atoms with E-state index < -0.39 is 0 Å². The molecule has 1 aliphatic rings. The molecule has 0 bridgehead atoms. The van der Waals surface area contributed by atoms with Crippen molar-refractivity contribution in [2.45, 2.75) is 25.9 Å². The van der Waals surface area contributed by atoms with Gasteiger partial charge in [0, 0.05) is 12.1 Å². The molecule has 0 spiro atoms. The fourth-order valence-corrected chi connectivity index (χ4v) is 3.07. The van der Waals surface area contributed by atoms with Crippen molar-refractivity contribution in [3.63, 3.8) is 0 Å². The maximum absolute atomic E-state index is 12.5. The number of hydrogen-bond donors (Lipinski definition) is 1. The van der Waals surface area contributed by atoms with Crippen LogP contribution in [0.25, 0.3) is 0 Å². The van der Waals surface area contributed by atoms with Crippen LogP contribution in [0.5, 0.6) is 11.5 Å². The normalized spacial score (nSPS) is 15.8. The fourth-order valence-electron chi connectivity index (χ4n) is 3.07. The molecular weight excluding hydrogens is 330 g/mol. The van der Waals surface area contributed by atoms with Crippen LogP contribution in [-0.2, 0) is 11.2 Å². The molecule has 26 heavy (non-hydrogen) atoms. The van der Waals surface area contributed by atoms with Gasteiger partial charge in [0.05, 0.1) is 20.3 Å². The van der Waals surface area contributed by atoms with Crippen molar-refractivity contribution in [2.75, 3.05) is 26.9 Å². The van der Waals surface area contributed by atoms with Crippen LogP contribution in [0.15, 0.2) is 42.5 Å². The van der Waals surface area contributed by atoms with Crippen molar-refractivity contribution in [2.24, 2.45) is 0 Å². The number of fused-ring (bicyclic) bond motifs is 1. The van der Waals surface area contributed by atoms with Crippen LogP contribution in [0, 0.1) is 0 Å². The molecule has 0 radical (unpaired) electrons. The van der Waals surface area contributed by atoms with Gasteiger partial charge in [0.1, 0.15) is 6.10 Å². The maximum atomic E-state index is 12.5. The van der Waals surface area contributed by atoms with Crippen molar-refractivity contribution in [3.05, 3.63) is 59.2 Å². The summed E-state index contributed by atoms with van der Waals surface area (Å²) < 4.78 is 16.8. The molecule has 1 atom stereocenters. The second-order valence-electron chi connectivity index (χ2n) is 6.23. The molecule has 0 saturated heterocycles. The van der Waals surface area contributed by atoms with Gasteiger partial charge in [-0.05, 0) is 42.2 Å². The predicted octanol–water partition coefficient (Wildman–Crippen LogP) is 3.53. The Hall–Kier alpha value is -2.53. The number of ether oxygens (including phenoxy) is 3. The summed E-state index contributed by atoms with van der Waals surface area (Å²) in [7, 11) is 1.57. The van der Waals surface area contributed by atoms with E-state index in [0.29, 0.717) is 36.8 Å². The van der Waals surface area contributed by atoms with Gasteiger partial charge in [-0.15, -0.1) is 0 Å². The van der Waals surface area contributed by atoms with Crippen LogP contribution >= 0.6 is 0 Å². The molecule has 1 N–H and O–H groups in total. The van der Waals surface area contributed by atoms with Crippen LogP contribution in [0.2, 0.25) is 0 Å². The number of amides is 1. The molecule has 2 aromatic rings. The SMILES string of the molecule is CCCOc1ccc(C(=O)NC[C@@H]2OCCc3ccccc32)cc1OC. The highest BCUT2D eigenvalue weighted by Gasteiger charge is 2.21. The molecule has 1 heterocycles. The number of methoxy groups -OCH3 is 1. The van der Waals surface area contributed by atoms with E-state index in [0.717, 1.165) is 18.4 Å². The zero-order valence-electron chi connectivity index (χ0n) is 15.3. The summed E-state index contributed by atoms with van der Waals surface area (Å²) in [5.41, 5.74) is 2.98. The molecule has 0 aromatic heterocycles. The summed E-state index contributed by atoms with van der Waals surface area (Å²) in [6.45, 7) is 3.77. The van der Waals surface area contributed by atoms with E-state index in [1.807, 2.05) is 19.1 Å². The van der Waals surface area contributed by atoms with Gasteiger partial charge >= 0.3 is 0 Å². The number of carbonyl (C=O) groups is 1. The van der Waals surface area contributed by atoms with Gasteiger partial charge in [0.25, 0.3) is 5.91 Å². The molecule has 2 aromatic carbocycles. The molecule has 1 aliphatic heterocycles. The summed E-state index contributed by atoms with van der Waals surface area (Å²) >= 11 is 0. The zero-order chi connectivity index (χ0) is 18.4. The number of rotatable bonds is 7. The van der Waals surface area contributed by atoms with E-state index in [1.54, 1.807) is 25.3 Å². The van der Waals surface area contributed by atoms with Gasteiger partial charge in [-0.1, -0.05) is 31.2 Å². The summed E-state index contributed by atoms with van der Waals surface area (Å²) in [6.07, 6.45) is 1.71. The quantitative estimate of drug-likeness (QED) is 0.825. The molecule has 1 amide bonds. The maximum Gasteiger partial charge on any atom is 0.251 e. The lowest BCUT2D eigenvalue weighted by atomic mass is 9.97. The minimum absolute atomic E-state index is 0.113. The van der Waals surface area contributed by atoms with Crippen LogP contribution in [0.1, 0.15) is 40.9 Å². The van der Waals surface area contributed by atoms with Crippen LogP contribution in [-0.4, -0.2) is 32.8 Å². The summed E-state index contributed by atoms with van der Waals surface area (Å²) in [5, 5.41) is 2.96. The Labute approximate surface area is 154 Å². The minimum Gasteiger partial charge on any atom is -0.493 e. The molecule has 0 fully saturated rings. The molecule has 5 nitrogen and oxygen atoms in total. The Balaban J connectivity index is 1.65. The smallest absolute Gasteiger partial charge is 0.251 e. The van der Waals surface area contributed by atoms with Gasteiger partial charge in [0.15, 0.2) is 11.5 Å². The van der Waals surface area contributed by atoms with Gasteiger partial charge in [-0.2, -0.15) is 0 Å². The summed E-state index contributed by atoms with van der Waals surface area (Å²) in [6, 6.07) is 13.4. The lowest BCUT2D eigenvalue weighted by molar-refractivity contribution is 0.0411. The van der Waals surface area contributed by atoms with Crippen molar-refractivity contribution < 1.29 is 19.0 Å². The van der Waals surface area contributed by atoms with Crippen molar-refractivity contribution in [3.8, 4) is 11.5 Å². The van der Waals surface area contributed by atoms with E-state index in [-0.39, 0.29) is 12.0 Å². The molecule has 0 saturated carbocycles. The number of hydrogen-bond acceptors (Lipinski definition) is 4. The topological polar surface area (TPSA) is 56.8 Å². The van der Waals surface area contributed by atoms with E-state index in [2.05, 4.69) is 17.4 Å². The largest absolute Gasteiger partial charge is 0.493 e. The van der Waals surface area contributed by atoms with E-state index >= 15 is 0 Å². The Morgan fingerprint density at radius 3 is 2.88 bits per heavy atom. The Morgan fingerprint density at radius 2 is 2.08 bits per heavy atom. The lowest BCUT2D eigenvalue weighted by Gasteiger charge is -2.26. The summed E-state index contributed by atoms with van der Waals surface area (Å²) in [5.74, 6) is 1.05. The third-order valence-electron chi connectivity index (χ3n) is 4.43. The highest BCUT2D eigenvalue weighted by atomic mass is 16.5. The van der Waals surface area contributed by atoms with E-state index in [1.165, 1.54) is 5.56 Å². The second-order valence-corrected chi connectivity index (χ2v) is 6.23. The van der Waals surface area contributed by atoms with Gasteiger partial charge in [-0.25, -0.2) is 0 Å². The second kappa shape index (κ2) is 8.72. The molecular formula is C21H25NO4. The third kappa shape index (κ3) is 4.17. The first-order valence-corrected chi connectivity index (χ1v) is 9.01. The first-order valence-electron chi connectivity index (χ1n) is 9.01. The fraction of sp³-hybridized carbons (Fsp3) is 0.381. The first-order chi connectivity index (χ1) is 12.7. The van der Waals surface area contributed by atoms with Crippen molar-refractivity contribution in [1.82, 2.24) is 5.32 Å². The molecule has 0 aliphatic carbocycles. The average Bonchev–Trinajstić information content (AvgIpc) is 2.70. The van der Waals surface area contributed by atoms with E-state index in [4.69, 9.17) is 14.2 Å². The average molecular weight is 355 g/mol. The summed E-state index contributed by atoms with van der Waals surface area (Å²) in [4.78, 5) is 12.5. The third-order valence-corrected chi connectivity index (χ3v) is 4.43. The van der Waals surface area contributed by atoms with Gasteiger partial charge in [0.2, 0.25) is 0 Å². The monoisotopic (exact) mass is 355 g/mol. The van der Waals surface area contributed by atoms with Crippen LogP contribution in [0.4, 0.5) is 0 Å². The number of nitrogens with one attached hydrogen (secondary N) is 1. The number of benzene rings is 2. The Kier molecular flexibility index (Phi) is 6.12. The number of carbonyl (C=O) groups excluding carboxylic acids is 1. The minimum atomic E-state index is -0.156. The lowest BCUT2D eigenvalue weighted by Crippen LogP contribution is -2.31. The van der Waals surface area contributed by atoms with E-state index in [9.17, 15) is 4.79 Å². The first kappa shape index (κ1) is 18.3. The predicted molar refractivity (Wildman–Crippen MR) is 100.0 cm³/mol. The molecule has 138 valence electrons. The standard InChI is InChI=1S/C21H25NO4/c1-3-11-25-18-9-8-16(13-19(18)24-2)21(23)22-14-20-17-7-5-4-6-15(17)10-12-26-20/h4-9,13,20H,3,10-12,14H2,1-2H3,(H,22,23)/t20-/m0/s1. The molecule has 3 rings (SSSR count). The Bertz CT molecular complexity index is 759. The van der Waals surface area contributed by atoms with Crippen molar-refractivity contribution in [1.29, 1.82) is 0 Å². The highest BCUT2D eigenvalue weighted by molar-refractivity contribution is 5.94. The van der Waals surface area contributed by atoms with Gasteiger partial charge in [-0.3, -0.25) is 4.79 Å². The highest BCUT2D eigenvalue weighted by Crippen LogP contribution is 2.29. The van der Waals surface area contributed by atoms with Crippen molar-refractivity contribution >= 4 is 5.91 Å². The molecule has 5 heteroatoms. The zero-order valence-corrected chi connectivity index (χ0v) is 15.3. The Morgan fingerprint density at radius 1 is 1.23 bits per heavy atom. The van der Waals surface area contributed by atoms with Crippen LogP contribution in [0.3, 0.4) is 0 Å².